The second-order valence-electron chi connectivity index (χ2n) is 4.61. The number of amides is 1. The van der Waals surface area contributed by atoms with E-state index < -0.39 is 10.0 Å². The Balaban J connectivity index is 1.88. The van der Waals surface area contributed by atoms with Gasteiger partial charge in [0, 0.05) is 5.02 Å². The van der Waals surface area contributed by atoms with E-state index in [4.69, 9.17) is 16.3 Å². The highest BCUT2D eigenvalue weighted by Gasteiger charge is 2.18. The zero-order valence-corrected chi connectivity index (χ0v) is 12.7. The largest absolute Gasteiger partial charge is 0.482 e. The first-order valence-corrected chi connectivity index (χ1v) is 8.15. The molecular formula is C14H11ClN2O4S. The van der Waals surface area contributed by atoms with Crippen molar-refractivity contribution in [3.63, 3.8) is 0 Å². The maximum atomic E-state index is 12.3. The van der Waals surface area contributed by atoms with Crippen LogP contribution in [-0.4, -0.2) is 20.9 Å². The lowest BCUT2D eigenvalue weighted by atomic mass is 10.2. The number of sulfonamides is 1. The minimum atomic E-state index is -3.73. The molecule has 1 aliphatic rings. The molecule has 0 aliphatic carbocycles. The average molecular weight is 339 g/mol. The third-order valence-corrected chi connectivity index (χ3v) is 4.64. The zero-order valence-electron chi connectivity index (χ0n) is 11.2. The zero-order chi connectivity index (χ0) is 15.7. The predicted octanol–water partition coefficient (Wildman–Crippen LogP) is 2.47. The maximum absolute atomic E-state index is 12.3. The van der Waals surface area contributed by atoms with Gasteiger partial charge >= 0.3 is 0 Å². The van der Waals surface area contributed by atoms with Gasteiger partial charge in [0.1, 0.15) is 5.75 Å². The molecule has 0 saturated heterocycles. The number of halogens is 1. The van der Waals surface area contributed by atoms with Crippen LogP contribution in [0.25, 0.3) is 0 Å². The molecule has 0 aromatic heterocycles. The van der Waals surface area contributed by atoms with E-state index in [9.17, 15) is 13.2 Å². The van der Waals surface area contributed by atoms with Crippen molar-refractivity contribution in [2.45, 2.75) is 4.90 Å². The molecule has 0 unspecified atom stereocenters. The average Bonchev–Trinajstić information content (AvgIpc) is 2.47. The van der Waals surface area contributed by atoms with Gasteiger partial charge in [0.25, 0.3) is 15.9 Å². The molecular weight excluding hydrogens is 328 g/mol. The van der Waals surface area contributed by atoms with Crippen molar-refractivity contribution >= 4 is 38.9 Å². The summed E-state index contributed by atoms with van der Waals surface area (Å²) < 4.78 is 32.2. The van der Waals surface area contributed by atoms with E-state index in [1.54, 1.807) is 12.1 Å². The number of anilines is 2. The van der Waals surface area contributed by atoms with Crippen molar-refractivity contribution in [3.05, 3.63) is 47.5 Å². The summed E-state index contributed by atoms with van der Waals surface area (Å²) >= 11 is 5.75. The molecule has 0 atom stereocenters. The fourth-order valence-corrected chi connectivity index (χ4v) is 3.15. The number of carbonyl (C=O) groups excluding carboxylic acids is 1. The van der Waals surface area contributed by atoms with Crippen molar-refractivity contribution in [3.8, 4) is 5.75 Å². The van der Waals surface area contributed by atoms with Gasteiger partial charge < -0.3 is 10.1 Å². The molecule has 1 aliphatic heterocycles. The molecule has 8 heteroatoms. The molecule has 1 amide bonds. The summed E-state index contributed by atoms with van der Waals surface area (Å²) in [4.78, 5) is 11.4. The first-order valence-electron chi connectivity index (χ1n) is 6.29. The van der Waals surface area contributed by atoms with Gasteiger partial charge in [-0.1, -0.05) is 11.6 Å². The minimum absolute atomic E-state index is 0.0527. The summed E-state index contributed by atoms with van der Waals surface area (Å²) in [5.74, 6) is 0.208. The third-order valence-electron chi connectivity index (χ3n) is 2.99. The van der Waals surface area contributed by atoms with Crippen LogP contribution < -0.4 is 14.8 Å². The Kier molecular flexibility index (Phi) is 3.67. The van der Waals surface area contributed by atoms with Crippen LogP contribution >= 0.6 is 11.6 Å². The molecule has 1 heterocycles. The van der Waals surface area contributed by atoms with Gasteiger partial charge in [-0.15, -0.1) is 0 Å². The minimum Gasteiger partial charge on any atom is -0.482 e. The van der Waals surface area contributed by atoms with Crippen LogP contribution in [-0.2, 0) is 14.8 Å². The highest BCUT2D eigenvalue weighted by molar-refractivity contribution is 7.92. The highest BCUT2D eigenvalue weighted by atomic mass is 35.5. The Morgan fingerprint density at radius 2 is 1.86 bits per heavy atom. The number of carbonyl (C=O) groups is 1. The molecule has 2 N–H and O–H groups in total. The van der Waals surface area contributed by atoms with Gasteiger partial charge in [0.05, 0.1) is 16.3 Å². The Hall–Kier alpha value is -2.25. The Morgan fingerprint density at radius 1 is 1.14 bits per heavy atom. The van der Waals surface area contributed by atoms with Gasteiger partial charge in [-0.2, -0.15) is 0 Å². The van der Waals surface area contributed by atoms with Crippen LogP contribution in [0.2, 0.25) is 5.02 Å². The molecule has 2 aromatic rings. The maximum Gasteiger partial charge on any atom is 0.262 e. The van der Waals surface area contributed by atoms with Gasteiger partial charge in [-0.25, -0.2) is 8.42 Å². The van der Waals surface area contributed by atoms with E-state index >= 15 is 0 Å². The Morgan fingerprint density at radius 3 is 2.59 bits per heavy atom. The summed E-state index contributed by atoms with van der Waals surface area (Å²) in [5.41, 5.74) is 0.743. The lowest BCUT2D eigenvalue weighted by Gasteiger charge is -2.18. The quantitative estimate of drug-likeness (QED) is 0.900. The number of nitrogens with one attached hydrogen (secondary N) is 2. The van der Waals surface area contributed by atoms with E-state index in [-0.39, 0.29) is 17.4 Å². The van der Waals surface area contributed by atoms with Crippen LogP contribution in [0.3, 0.4) is 0 Å². The van der Waals surface area contributed by atoms with Crippen LogP contribution in [0.5, 0.6) is 5.75 Å². The first-order chi connectivity index (χ1) is 10.4. The Labute approximate surface area is 132 Å². The fraction of sp³-hybridized carbons (Fsp3) is 0.0714. The first kappa shape index (κ1) is 14.7. The molecule has 0 saturated carbocycles. The molecule has 3 rings (SSSR count). The van der Waals surface area contributed by atoms with Gasteiger partial charge in [-0.3, -0.25) is 9.52 Å². The van der Waals surface area contributed by atoms with Gasteiger partial charge in [-0.05, 0) is 42.5 Å². The van der Waals surface area contributed by atoms with Gasteiger partial charge in [0.2, 0.25) is 0 Å². The number of hydrogen-bond acceptors (Lipinski definition) is 4. The number of rotatable bonds is 3. The third kappa shape index (κ3) is 3.00. The number of benzene rings is 2. The van der Waals surface area contributed by atoms with Crippen molar-refractivity contribution < 1.29 is 17.9 Å². The smallest absolute Gasteiger partial charge is 0.262 e. The highest BCUT2D eigenvalue weighted by Crippen LogP contribution is 2.31. The molecule has 2 aromatic carbocycles. The lowest BCUT2D eigenvalue weighted by molar-refractivity contribution is -0.118. The monoisotopic (exact) mass is 338 g/mol. The summed E-state index contributed by atoms with van der Waals surface area (Å²) in [6.45, 7) is -0.0527. The number of ether oxygens (including phenoxy) is 1. The Bertz CT molecular complexity index is 834. The van der Waals surface area contributed by atoms with Crippen LogP contribution in [0.15, 0.2) is 47.4 Å². The van der Waals surface area contributed by atoms with Crippen molar-refractivity contribution in [1.29, 1.82) is 0 Å². The normalized spacial score (nSPS) is 13.8. The van der Waals surface area contributed by atoms with E-state index in [0.29, 0.717) is 22.1 Å². The molecule has 0 spiro atoms. The van der Waals surface area contributed by atoms with Crippen molar-refractivity contribution in [1.82, 2.24) is 0 Å². The predicted molar refractivity (Wildman–Crippen MR) is 82.8 cm³/mol. The van der Waals surface area contributed by atoms with Crippen LogP contribution in [0.4, 0.5) is 11.4 Å². The topological polar surface area (TPSA) is 84.5 Å². The summed E-state index contributed by atoms with van der Waals surface area (Å²) in [6.07, 6.45) is 0. The summed E-state index contributed by atoms with van der Waals surface area (Å²) in [7, 11) is -3.73. The standard InChI is InChI=1S/C14H11ClN2O4S/c15-9-1-4-11(5-2-9)22(19,20)17-10-3-6-13-12(7-10)16-14(18)8-21-13/h1-7,17H,8H2,(H,16,18). The second kappa shape index (κ2) is 5.51. The summed E-state index contributed by atoms with van der Waals surface area (Å²) in [6, 6.07) is 10.5. The van der Waals surface area contributed by atoms with E-state index in [1.807, 2.05) is 0 Å². The second-order valence-corrected chi connectivity index (χ2v) is 6.73. The molecule has 6 nitrogen and oxygen atoms in total. The fourth-order valence-electron chi connectivity index (χ4n) is 1.97. The number of fused-ring (bicyclic) bond motifs is 1. The molecule has 0 bridgehead atoms. The van der Waals surface area contributed by atoms with Crippen molar-refractivity contribution in [2.75, 3.05) is 16.6 Å². The summed E-state index contributed by atoms with van der Waals surface area (Å²) in [5, 5.41) is 3.07. The molecule has 0 fully saturated rings. The van der Waals surface area contributed by atoms with E-state index in [2.05, 4.69) is 10.0 Å². The molecule has 114 valence electrons. The van der Waals surface area contributed by atoms with E-state index in [0.717, 1.165) is 0 Å². The lowest BCUT2D eigenvalue weighted by Crippen LogP contribution is -2.25. The van der Waals surface area contributed by atoms with Crippen molar-refractivity contribution in [2.24, 2.45) is 0 Å². The van der Waals surface area contributed by atoms with Gasteiger partial charge in [0.15, 0.2) is 6.61 Å². The van der Waals surface area contributed by atoms with E-state index in [1.165, 1.54) is 30.3 Å². The SMILES string of the molecule is O=C1COc2ccc(NS(=O)(=O)c3ccc(Cl)cc3)cc2N1. The molecule has 0 radical (unpaired) electrons. The molecule has 22 heavy (non-hydrogen) atoms. The van der Waals surface area contributed by atoms with Crippen LogP contribution in [0, 0.1) is 0 Å². The number of hydrogen-bond donors (Lipinski definition) is 2. The van der Waals surface area contributed by atoms with Crippen LogP contribution in [0.1, 0.15) is 0 Å².